The van der Waals surface area contributed by atoms with Crippen molar-refractivity contribution in [2.45, 2.75) is 38.3 Å². The molecule has 1 rings (SSSR count). The number of ether oxygens (including phenoxy) is 1. The third kappa shape index (κ3) is 4.82. The fourth-order valence-corrected chi connectivity index (χ4v) is 1.73. The van der Waals surface area contributed by atoms with Gasteiger partial charge in [0.2, 0.25) is 5.91 Å². The summed E-state index contributed by atoms with van der Waals surface area (Å²) in [6.07, 6.45) is 2.63. The van der Waals surface area contributed by atoms with Gasteiger partial charge in [-0.25, -0.2) is 0 Å². The first-order valence-corrected chi connectivity index (χ1v) is 5.31. The quantitative estimate of drug-likeness (QED) is 0.756. The zero-order valence-corrected chi connectivity index (χ0v) is 10.2. The maximum absolute atomic E-state index is 11.6. The van der Waals surface area contributed by atoms with Crippen LogP contribution in [-0.4, -0.2) is 38.3 Å². The summed E-state index contributed by atoms with van der Waals surface area (Å²) in [5.41, 5.74) is 0. The van der Waals surface area contributed by atoms with Crippen molar-refractivity contribution in [2.75, 3.05) is 20.2 Å². The van der Waals surface area contributed by atoms with Crippen LogP contribution in [0.5, 0.6) is 0 Å². The van der Waals surface area contributed by atoms with Crippen molar-refractivity contribution in [2.24, 2.45) is 0 Å². The molecule has 1 amide bonds. The minimum atomic E-state index is -0.295. The van der Waals surface area contributed by atoms with Crippen LogP contribution in [0, 0.1) is 0 Å². The van der Waals surface area contributed by atoms with Crippen LogP contribution in [0.1, 0.15) is 26.2 Å². The fourth-order valence-electron chi connectivity index (χ4n) is 1.73. The van der Waals surface area contributed by atoms with Gasteiger partial charge in [0.05, 0.1) is 0 Å². The summed E-state index contributed by atoms with van der Waals surface area (Å²) in [7, 11) is 1.58. The monoisotopic (exact) mass is 236 g/mol. The molecule has 2 N–H and O–H groups in total. The Kier molecular flexibility index (Phi) is 7.74. The van der Waals surface area contributed by atoms with Crippen LogP contribution in [0.2, 0.25) is 0 Å². The molecule has 0 bridgehead atoms. The molecular weight excluding hydrogens is 216 g/mol. The van der Waals surface area contributed by atoms with Gasteiger partial charge >= 0.3 is 0 Å². The van der Waals surface area contributed by atoms with Crippen molar-refractivity contribution in [1.29, 1.82) is 0 Å². The zero-order chi connectivity index (χ0) is 10.4. The van der Waals surface area contributed by atoms with Gasteiger partial charge in [-0.3, -0.25) is 4.79 Å². The number of hydrogen-bond acceptors (Lipinski definition) is 3. The Hall–Kier alpha value is -0.320. The summed E-state index contributed by atoms with van der Waals surface area (Å²) in [5, 5.41) is 6.25. The lowest BCUT2D eigenvalue weighted by Crippen LogP contribution is -2.48. The highest BCUT2D eigenvalue weighted by atomic mass is 35.5. The normalized spacial score (nSPS) is 22.7. The van der Waals surface area contributed by atoms with E-state index >= 15 is 0 Å². The van der Waals surface area contributed by atoms with Gasteiger partial charge in [-0.05, 0) is 25.8 Å². The number of carbonyl (C=O) groups is 1. The van der Waals surface area contributed by atoms with Crippen molar-refractivity contribution >= 4 is 18.3 Å². The molecule has 2 atom stereocenters. The highest BCUT2D eigenvalue weighted by molar-refractivity contribution is 5.85. The Bertz CT molecular complexity index is 180. The molecule has 1 fully saturated rings. The Morgan fingerprint density at radius 3 is 2.87 bits per heavy atom. The van der Waals surface area contributed by atoms with E-state index in [-0.39, 0.29) is 30.5 Å². The molecular formula is C10H21ClN2O2. The number of rotatable bonds is 4. The van der Waals surface area contributed by atoms with E-state index in [1.807, 2.05) is 6.92 Å². The standard InChI is InChI=1S/C10H20N2O2.ClH/c1-3-9(14-2)10(13)12-8-5-4-6-11-7-8;/h8-9,11H,3-7H2,1-2H3,(H,12,13);1H. The number of amides is 1. The van der Waals surface area contributed by atoms with Crippen LogP contribution in [-0.2, 0) is 9.53 Å². The lowest BCUT2D eigenvalue weighted by molar-refractivity contribution is -0.132. The third-order valence-corrected chi connectivity index (χ3v) is 2.59. The Labute approximate surface area is 97.5 Å². The molecule has 1 saturated heterocycles. The van der Waals surface area contributed by atoms with Gasteiger partial charge in [-0.15, -0.1) is 12.4 Å². The van der Waals surface area contributed by atoms with Crippen molar-refractivity contribution in [3.05, 3.63) is 0 Å². The molecule has 0 aromatic carbocycles. The molecule has 0 radical (unpaired) electrons. The molecule has 0 saturated carbocycles. The summed E-state index contributed by atoms with van der Waals surface area (Å²) >= 11 is 0. The van der Waals surface area contributed by atoms with Gasteiger partial charge in [0.25, 0.3) is 0 Å². The number of carbonyl (C=O) groups excluding carboxylic acids is 1. The number of halogens is 1. The second-order valence-corrected chi connectivity index (χ2v) is 3.68. The van der Waals surface area contributed by atoms with Gasteiger partial charge in [0.1, 0.15) is 6.10 Å². The van der Waals surface area contributed by atoms with Crippen molar-refractivity contribution < 1.29 is 9.53 Å². The second kappa shape index (κ2) is 7.91. The van der Waals surface area contributed by atoms with E-state index < -0.39 is 0 Å². The predicted molar refractivity (Wildman–Crippen MR) is 62.4 cm³/mol. The SMILES string of the molecule is CCC(OC)C(=O)NC1CCCNC1.Cl. The fraction of sp³-hybridized carbons (Fsp3) is 0.900. The average molecular weight is 237 g/mol. The maximum atomic E-state index is 11.6. The average Bonchev–Trinajstić information content (AvgIpc) is 2.21. The van der Waals surface area contributed by atoms with Gasteiger partial charge in [0, 0.05) is 19.7 Å². The second-order valence-electron chi connectivity index (χ2n) is 3.68. The Morgan fingerprint density at radius 2 is 2.40 bits per heavy atom. The van der Waals surface area contributed by atoms with E-state index in [4.69, 9.17) is 4.74 Å². The topological polar surface area (TPSA) is 50.4 Å². The zero-order valence-electron chi connectivity index (χ0n) is 9.41. The van der Waals surface area contributed by atoms with Crippen LogP contribution >= 0.6 is 12.4 Å². The Balaban J connectivity index is 0.00000196. The first-order chi connectivity index (χ1) is 6.77. The van der Waals surface area contributed by atoms with E-state index in [0.717, 1.165) is 32.4 Å². The first-order valence-electron chi connectivity index (χ1n) is 5.31. The first kappa shape index (κ1) is 14.7. The number of piperidine rings is 1. The highest BCUT2D eigenvalue weighted by Gasteiger charge is 2.20. The van der Waals surface area contributed by atoms with Gasteiger partial charge in [-0.2, -0.15) is 0 Å². The van der Waals surface area contributed by atoms with Crippen molar-refractivity contribution in [3.63, 3.8) is 0 Å². The van der Waals surface area contributed by atoms with E-state index in [1.165, 1.54) is 0 Å². The van der Waals surface area contributed by atoms with E-state index in [1.54, 1.807) is 7.11 Å². The predicted octanol–water partition coefficient (Wildman–Crippen LogP) is 0.701. The number of nitrogens with one attached hydrogen (secondary N) is 2. The van der Waals surface area contributed by atoms with Gasteiger partial charge < -0.3 is 15.4 Å². The molecule has 2 unspecified atom stereocenters. The summed E-state index contributed by atoms with van der Waals surface area (Å²) in [5.74, 6) is 0.0173. The van der Waals surface area contributed by atoms with Crippen LogP contribution in [0.25, 0.3) is 0 Å². The number of hydrogen-bond donors (Lipinski definition) is 2. The van der Waals surface area contributed by atoms with E-state index in [0.29, 0.717) is 0 Å². The van der Waals surface area contributed by atoms with Crippen LogP contribution in [0.4, 0.5) is 0 Å². The van der Waals surface area contributed by atoms with Crippen LogP contribution < -0.4 is 10.6 Å². The number of methoxy groups -OCH3 is 1. The molecule has 0 aliphatic carbocycles. The summed E-state index contributed by atoms with van der Waals surface area (Å²) in [4.78, 5) is 11.6. The van der Waals surface area contributed by atoms with E-state index in [9.17, 15) is 4.79 Å². The van der Waals surface area contributed by atoms with Gasteiger partial charge in [0.15, 0.2) is 0 Å². The molecule has 0 aromatic rings. The summed E-state index contributed by atoms with van der Waals surface area (Å²) < 4.78 is 5.07. The summed E-state index contributed by atoms with van der Waals surface area (Å²) in [6, 6.07) is 0.278. The van der Waals surface area contributed by atoms with Crippen molar-refractivity contribution in [3.8, 4) is 0 Å². The molecule has 4 nitrogen and oxygen atoms in total. The molecule has 1 heterocycles. The molecule has 1 aliphatic heterocycles. The van der Waals surface area contributed by atoms with E-state index in [2.05, 4.69) is 10.6 Å². The molecule has 15 heavy (non-hydrogen) atoms. The molecule has 1 aliphatic rings. The summed E-state index contributed by atoms with van der Waals surface area (Å²) in [6.45, 7) is 3.90. The van der Waals surface area contributed by atoms with Crippen LogP contribution in [0.3, 0.4) is 0 Å². The molecule has 0 spiro atoms. The third-order valence-electron chi connectivity index (χ3n) is 2.59. The van der Waals surface area contributed by atoms with Gasteiger partial charge in [-0.1, -0.05) is 6.92 Å². The lowest BCUT2D eigenvalue weighted by Gasteiger charge is -2.25. The van der Waals surface area contributed by atoms with Crippen molar-refractivity contribution in [1.82, 2.24) is 10.6 Å². The Morgan fingerprint density at radius 1 is 1.67 bits per heavy atom. The smallest absolute Gasteiger partial charge is 0.249 e. The highest BCUT2D eigenvalue weighted by Crippen LogP contribution is 2.03. The largest absolute Gasteiger partial charge is 0.372 e. The maximum Gasteiger partial charge on any atom is 0.249 e. The minimum Gasteiger partial charge on any atom is -0.372 e. The lowest BCUT2D eigenvalue weighted by atomic mass is 10.1. The molecule has 90 valence electrons. The van der Waals surface area contributed by atoms with Crippen LogP contribution in [0.15, 0.2) is 0 Å². The molecule has 5 heteroatoms. The molecule has 0 aromatic heterocycles. The minimum absolute atomic E-state index is 0.